The Kier molecular flexibility index (Phi) is 12.8. The minimum absolute atomic E-state index is 0.360. The Morgan fingerprint density at radius 2 is 1.31 bits per heavy atom. The molecule has 0 radical (unpaired) electrons. The normalized spacial score (nSPS) is 9.69. The van der Waals surface area contributed by atoms with Crippen LogP contribution in [0, 0.1) is 6.92 Å². The van der Waals surface area contributed by atoms with Gasteiger partial charge in [0.1, 0.15) is 0 Å². The summed E-state index contributed by atoms with van der Waals surface area (Å²) in [5.41, 5.74) is 1.20. The third kappa shape index (κ3) is 5.64. The molecule has 0 saturated heterocycles. The average Bonchev–Trinajstić information content (AvgIpc) is 2.84. The molecule has 1 aliphatic heterocycles. The van der Waals surface area contributed by atoms with E-state index >= 15 is 0 Å². The Morgan fingerprint density at radius 3 is 1.88 bits per heavy atom. The summed E-state index contributed by atoms with van der Waals surface area (Å²) < 4.78 is 10.3. The molecule has 1 aromatic carbocycles. The average molecular weight is 226 g/mol. The lowest BCUT2D eigenvalue weighted by molar-refractivity contribution is 0.174. The molecule has 1 aliphatic rings. The van der Waals surface area contributed by atoms with Crippen LogP contribution in [-0.4, -0.2) is 6.79 Å². The predicted octanol–water partition coefficient (Wildman–Crippen LogP) is 4.80. The number of fused-ring (bicyclic) bond motifs is 1. The van der Waals surface area contributed by atoms with Gasteiger partial charge in [0.05, 0.1) is 0 Å². The number of hydrogen-bond acceptors (Lipinski definition) is 2. The molecular formula is C14H26O2. The van der Waals surface area contributed by atoms with Gasteiger partial charge in [-0.3, -0.25) is 0 Å². The van der Waals surface area contributed by atoms with E-state index in [1.165, 1.54) is 5.56 Å². The standard InChI is InChI=1S/C8H8O2.3C2H6/c1-6-2-3-7-8(4-6)10-5-9-7;3*1-2/h2-4H,5H2,1H3;3*1-2H3. The molecule has 0 N–H and O–H groups in total. The van der Waals surface area contributed by atoms with Crippen LogP contribution < -0.4 is 9.47 Å². The monoisotopic (exact) mass is 226 g/mol. The fourth-order valence-electron chi connectivity index (χ4n) is 1.00. The van der Waals surface area contributed by atoms with Crippen molar-refractivity contribution in [3.63, 3.8) is 0 Å². The Balaban J connectivity index is 0. The summed E-state index contributed by atoms with van der Waals surface area (Å²) >= 11 is 0. The molecule has 1 heterocycles. The molecule has 2 rings (SSSR count). The van der Waals surface area contributed by atoms with Crippen LogP contribution in [0.4, 0.5) is 0 Å². The largest absolute Gasteiger partial charge is 0.454 e. The number of benzene rings is 1. The van der Waals surface area contributed by atoms with Crippen molar-refractivity contribution in [1.82, 2.24) is 0 Å². The molecule has 0 aliphatic carbocycles. The van der Waals surface area contributed by atoms with E-state index < -0.39 is 0 Å². The molecule has 0 unspecified atom stereocenters. The van der Waals surface area contributed by atoms with Gasteiger partial charge >= 0.3 is 0 Å². The number of aryl methyl sites for hydroxylation is 1. The first-order chi connectivity index (χ1) is 7.86. The van der Waals surface area contributed by atoms with Gasteiger partial charge in [-0.1, -0.05) is 47.6 Å². The van der Waals surface area contributed by atoms with Gasteiger partial charge in [-0.05, 0) is 24.6 Å². The molecule has 94 valence electrons. The zero-order valence-corrected chi connectivity index (χ0v) is 11.8. The van der Waals surface area contributed by atoms with Crippen molar-refractivity contribution in [2.75, 3.05) is 6.79 Å². The molecule has 0 atom stereocenters. The molecule has 0 aromatic heterocycles. The molecule has 16 heavy (non-hydrogen) atoms. The fraction of sp³-hybridized carbons (Fsp3) is 0.571. The van der Waals surface area contributed by atoms with E-state index in [1.807, 2.05) is 66.7 Å². The van der Waals surface area contributed by atoms with E-state index in [4.69, 9.17) is 9.47 Å². The van der Waals surface area contributed by atoms with Gasteiger partial charge in [0.25, 0.3) is 0 Å². The lowest BCUT2D eigenvalue weighted by atomic mass is 10.2. The SMILES string of the molecule is CC.CC.CC.Cc1ccc2c(c1)OCO2. The molecule has 2 heteroatoms. The molecule has 0 fully saturated rings. The second kappa shape index (κ2) is 11.9. The zero-order valence-electron chi connectivity index (χ0n) is 11.8. The summed E-state index contributed by atoms with van der Waals surface area (Å²) in [7, 11) is 0. The Morgan fingerprint density at radius 1 is 0.812 bits per heavy atom. The van der Waals surface area contributed by atoms with Gasteiger partial charge in [-0.15, -0.1) is 0 Å². The van der Waals surface area contributed by atoms with E-state index in [-0.39, 0.29) is 0 Å². The van der Waals surface area contributed by atoms with Gasteiger partial charge in [-0.2, -0.15) is 0 Å². The zero-order chi connectivity index (χ0) is 13.0. The Labute approximate surface area is 101 Å². The summed E-state index contributed by atoms with van der Waals surface area (Å²) in [6, 6.07) is 5.91. The maximum Gasteiger partial charge on any atom is 0.231 e. The van der Waals surface area contributed by atoms with Crippen LogP contribution in [0.15, 0.2) is 18.2 Å². The van der Waals surface area contributed by atoms with Crippen molar-refractivity contribution >= 4 is 0 Å². The maximum atomic E-state index is 5.16. The van der Waals surface area contributed by atoms with Crippen LogP contribution in [0.1, 0.15) is 47.1 Å². The summed E-state index contributed by atoms with van der Waals surface area (Å²) in [5.74, 6) is 1.71. The molecule has 0 bridgehead atoms. The highest BCUT2D eigenvalue weighted by Gasteiger charge is 2.11. The first-order valence-corrected chi connectivity index (χ1v) is 6.22. The Hall–Kier alpha value is -1.18. The quantitative estimate of drug-likeness (QED) is 0.632. The maximum absolute atomic E-state index is 5.16. The lowest BCUT2D eigenvalue weighted by Gasteiger charge is -1.94. The minimum Gasteiger partial charge on any atom is -0.454 e. The van der Waals surface area contributed by atoms with Gasteiger partial charge in [0.2, 0.25) is 6.79 Å². The summed E-state index contributed by atoms with van der Waals surface area (Å²) in [5, 5.41) is 0. The highest BCUT2D eigenvalue weighted by atomic mass is 16.7. The van der Waals surface area contributed by atoms with Crippen molar-refractivity contribution in [3.8, 4) is 11.5 Å². The highest BCUT2D eigenvalue weighted by Crippen LogP contribution is 2.31. The number of ether oxygens (including phenoxy) is 2. The van der Waals surface area contributed by atoms with E-state index in [9.17, 15) is 0 Å². The van der Waals surface area contributed by atoms with Crippen molar-refractivity contribution in [3.05, 3.63) is 23.8 Å². The van der Waals surface area contributed by atoms with Crippen LogP contribution in [-0.2, 0) is 0 Å². The first-order valence-electron chi connectivity index (χ1n) is 6.22. The molecule has 1 aromatic rings. The summed E-state index contributed by atoms with van der Waals surface area (Å²) in [4.78, 5) is 0. The van der Waals surface area contributed by atoms with Gasteiger partial charge < -0.3 is 9.47 Å². The van der Waals surface area contributed by atoms with Crippen molar-refractivity contribution in [2.45, 2.75) is 48.5 Å². The van der Waals surface area contributed by atoms with Gasteiger partial charge in [0, 0.05) is 0 Å². The van der Waals surface area contributed by atoms with Crippen LogP contribution in [0.2, 0.25) is 0 Å². The number of rotatable bonds is 0. The molecule has 0 amide bonds. The van der Waals surface area contributed by atoms with Crippen molar-refractivity contribution in [2.24, 2.45) is 0 Å². The number of hydrogen-bond donors (Lipinski definition) is 0. The fourth-order valence-corrected chi connectivity index (χ4v) is 1.00. The lowest BCUT2D eigenvalue weighted by Crippen LogP contribution is -1.92. The van der Waals surface area contributed by atoms with Crippen LogP contribution in [0.25, 0.3) is 0 Å². The van der Waals surface area contributed by atoms with Crippen LogP contribution >= 0.6 is 0 Å². The Bertz CT molecular complexity index is 257. The van der Waals surface area contributed by atoms with E-state index in [0.29, 0.717) is 6.79 Å². The second-order valence-electron chi connectivity index (χ2n) is 2.36. The molecule has 0 spiro atoms. The third-order valence-electron chi connectivity index (χ3n) is 1.53. The molecular weight excluding hydrogens is 200 g/mol. The summed E-state index contributed by atoms with van der Waals surface area (Å²) in [6.45, 7) is 14.4. The van der Waals surface area contributed by atoms with Crippen LogP contribution in [0.3, 0.4) is 0 Å². The predicted molar refractivity (Wildman–Crippen MR) is 71.3 cm³/mol. The smallest absolute Gasteiger partial charge is 0.231 e. The van der Waals surface area contributed by atoms with E-state index in [2.05, 4.69) is 0 Å². The van der Waals surface area contributed by atoms with Gasteiger partial charge in [0.15, 0.2) is 11.5 Å². The van der Waals surface area contributed by atoms with Gasteiger partial charge in [-0.25, -0.2) is 0 Å². The topological polar surface area (TPSA) is 18.5 Å². The van der Waals surface area contributed by atoms with Crippen molar-refractivity contribution in [1.29, 1.82) is 0 Å². The van der Waals surface area contributed by atoms with Crippen molar-refractivity contribution < 1.29 is 9.47 Å². The summed E-state index contributed by atoms with van der Waals surface area (Å²) in [6.07, 6.45) is 0. The highest BCUT2D eigenvalue weighted by molar-refractivity contribution is 5.43. The molecule has 2 nitrogen and oxygen atoms in total. The van der Waals surface area contributed by atoms with E-state index in [1.54, 1.807) is 0 Å². The van der Waals surface area contributed by atoms with Crippen LogP contribution in [0.5, 0.6) is 11.5 Å². The second-order valence-corrected chi connectivity index (χ2v) is 2.36. The third-order valence-corrected chi connectivity index (χ3v) is 1.53. The minimum atomic E-state index is 0.360. The molecule has 0 saturated carbocycles. The first kappa shape index (κ1) is 17.2. The van der Waals surface area contributed by atoms with E-state index in [0.717, 1.165) is 11.5 Å².